The fourth-order valence-electron chi connectivity index (χ4n) is 2.63. The molecule has 0 aromatic carbocycles. The molecule has 1 fully saturated rings. The number of rotatable bonds is 5. The van der Waals surface area contributed by atoms with Crippen molar-refractivity contribution in [2.75, 3.05) is 26.2 Å². The molecule has 0 bridgehead atoms. The summed E-state index contributed by atoms with van der Waals surface area (Å²) < 4.78 is 5.22. The highest BCUT2D eigenvalue weighted by atomic mass is 16.5. The number of aryl methyl sites for hydroxylation is 1. The van der Waals surface area contributed by atoms with Gasteiger partial charge in [0.25, 0.3) is 5.91 Å². The molecular weight excluding hydrogens is 312 g/mol. The molecule has 8 heteroatoms. The van der Waals surface area contributed by atoms with Crippen molar-refractivity contribution in [3.05, 3.63) is 17.5 Å². The molecule has 0 radical (unpaired) electrons. The summed E-state index contributed by atoms with van der Waals surface area (Å²) >= 11 is 0. The lowest BCUT2D eigenvalue weighted by atomic mass is 10.2. The minimum atomic E-state index is -0.882. The number of hydrogen-bond donors (Lipinski definition) is 1. The van der Waals surface area contributed by atoms with Gasteiger partial charge in [0.2, 0.25) is 5.91 Å². The van der Waals surface area contributed by atoms with Crippen LogP contribution < -0.4 is 0 Å². The number of nitrogens with one attached hydrogen (secondary N) is 1. The molecule has 1 N–H and O–H groups in total. The van der Waals surface area contributed by atoms with E-state index in [1.807, 2.05) is 6.92 Å². The normalized spacial score (nSPS) is 16.0. The molecule has 1 atom stereocenters. The van der Waals surface area contributed by atoms with Crippen molar-refractivity contribution < 1.29 is 19.1 Å². The first-order valence-corrected chi connectivity index (χ1v) is 8.22. The van der Waals surface area contributed by atoms with Crippen LogP contribution >= 0.6 is 0 Å². The molecule has 2 heterocycles. The van der Waals surface area contributed by atoms with Gasteiger partial charge in [-0.3, -0.25) is 14.7 Å². The van der Waals surface area contributed by atoms with Crippen molar-refractivity contribution in [1.82, 2.24) is 20.0 Å². The van der Waals surface area contributed by atoms with Gasteiger partial charge in [0.05, 0.1) is 0 Å². The van der Waals surface area contributed by atoms with E-state index in [0.29, 0.717) is 26.2 Å². The lowest BCUT2D eigenvalue weighted by Crippen LogP contribution is -2.52. The van der Waals surface area contributed by atoms with Gasteiger partial charge in [-0.15, -0.1) is 0 Å². The van der Waals surface area contributed by atoms with Crippen LogP contribution in [0.25, 0.3) is 0 Å². The monoisotopic (exact) mass is 336 g/mol. The van der Waals surface area contributed by atoms with Crippen LogP contribution in [0.4, 0.5) is 0 Å². The summed E-state index contributed by atoms with van der Waals surface area (Å²) in [4.78, 5) is 39.1. The Morgan fingerprint density at radius 3 is 2.46 bits per heavy atom. The van der Waals surface area contributed by atoms with Crippen molar-refractivity contribution in [2.24, 2.45) is 0 Å². The first kappa shape index (κ1) is 18.0. The molecule has 0 saturated carbocycles. The van der Waals surface area contributed by atoms with Crippen LogP contribution in [0.2, 0.25) is 0 Å². The van der Waals surface area contributed by atoms with Crippen LogP contribution in [0, 0.1) is 0 Å². The molecule has 132 valence electrons. The molecular formula is C16H24N4O4. The molecule has 2 rings (SSSR count). The molecule has 0 aliphatic carbocycles. The number of carbonyl (C=O) groups excluding carboxylic acids is 3. The Morgan fingerprint density at radius 1 is 1.25 bits per heavy atom. The number of nitrogens with zero attached hydrogens (tertiary/aromatic N) is 3. The summed E-state index contributed by atoms with van der Waals surface area (Å²) in [6, 6.07) is 1.65. The Kier molecular flexibility index (Phi) is 5.94. The van der Waals surface area contributed by atoms with Crippen molar-refractivity contribution >= 4 is 17.8 Å². The molecule has 1 aliphatic heterocycles. The average molecular weight is 336 g/mol. The number of esters is 1. The predicted molar refractivity (Wildman–Crippen MR) is 86.3 cm³/mol. The lowest BCUT2D eigenvalue weighted by molar-refractivity contribution is -0.144. The van der Waals surface area contributed by atoms with Gasteiger partial charge in [0.1, 0.15) is 0 Å². The number of hydrogen-bond acceptors (Lipinski definition) is 5. The summed E-state index contributed by atoms with van der Waals surface area (Å²) in [5.74, 6) is -0.865. The summed E-state index contributed by atoms with van der Waals surface area (Å²) in [7, 11) is 0. The molecule has 24 heavy (non-hydrogen) atoms. The summed E-state index contributed by atoms with van der Waals surface area (Å²) in [6.07, 6.45) is 0.861. The zero-order chi connectivity index (χ0) is 17.7. The lowest BCUT2D eigenvalue weighted by Gasteiger charge is -2.35. The van der Waals surface area contributed by atoms with Gasteiger partial charge < -0.3 is 14.5 Å². The van der Waals surface area contributed by atoms with Crippen molar-refractivity contribution in [3.8, 4) is 0 Å². The van der Waals surface area contributed by atoms with E-state index >= 15 is 0 Å². The second kappa shape index (κ2) is 7.94. The van der Waals surface area contributed by atoms with Crippen LogP contribution in [0.15, 0.2) is 6.07 Å². The Morgan fingerprint density at radius 2 is 1.88 bits per heavy atom. The number of aromatic nitrogens is 2. The molecule has 0 spiro atoms. The first-order chi connectivity index (χ1) is 11.4. The summed E-state index contributed by atoms with van der Waals surface area (Å²) in [5, 5.41) is 6.71. The third-order valence-electron chi connectivity index (χ3n) is 4.03. The fourth-order valence-corrected chi connectivity index (χ4v) is 2.63. The largest absolute Gasteiger partial charge is 0.448 e. The van der Waals surface area contributed by atoms with E-state index in [1.54, 1.807) is 22.8 Å². The minimum Gasteiger partial charge on any atom is -0.448 e. The van der Waals surface area contributed by atoms with Gasteiger partial charge in [-0.25, -0.2) is 4.79 Å². The third-order valence-corrected chi connectivity index (χ3v) is 4.03. The van der Waals surface area contributed by atoms with Gasteiger partial charge in [-0.2, -0.15) is 5.10 Å². The highest BCUT2D eigenvalue weighted by Gasteiger charge is 2.28. The van der Waals surface area contributed by atoms with E-state index in [-0.39, 0.29) is 17.5 Å². The van der Waals surface area contributed by atoms with Crippen LogP contribution in [0.3, 0.4) is 0 Å². The van der Waals surface area contributed by atoms with Crippen LogP contribution in [-0.4, -0.2) is 70.1 Å². The van der Waals surface area contributed by atoms with E-state index < -0.39 is 12.1 Å². The quantitative estimate of drug-likeness (QED) is 0.794. The van der Waals surface area contributed by atoms with Crippen molar-refractivity contribution in [1.29, 1.82) is 0 Å². The maximum atomic E-state index is 12.4. The van der Waals surface area contributed by atoms with E-state index in [0.717, 1.165) is 18.5 Å². The highest BCUT2D eigenvalue weighted by molar-refractivity contribution is 5.90. The topological polar surface area (TPSA) is 95.6 Å². The SMILES string of the molecule is CCCc1cc(C(=O)OC(C)C(=O)N2CCN(C(C)=O)CC2)n[nH]1. The van der Waals surface area contributed by atoms with E-state index in [9.17, 15) is 14.4 Å². The van der Waals surface area contributed by atoms with Crippen LogP contribution in [0.5, 0.6) is 0 Å². The smallest absolute Gasteiger partial charge is 0.359 e. The molecule has 1 unspecified atom stereocenters. The fraction of sp³-hybridized carbons (Fsp3) is 0.625. The number of amides is 2. The second-order valence-electron chi connectivity index (χ2n) is 5.91. The first-order valence-electron chi connectivity index (χ1n) is 8.22. The Labute approximate surface area is 141 Å². The van der Waals surface area contributed by atoms with Crippen LogP contribution in [-0.2, 0) is 20.7 Å². The number of ether oxygens (including phenoxy) is 1. The Hall–Kier alpha value is -2.38. The van der Waals surface area contributed by atoms with E-state index in [2.05, 4.69) is 10.2 Å². The molecule has 1 aliphatic rings. The maximum Gasteiger partial charge on any atom is 0.359 e. The standard InChI is InChI=1S/C16H24N4O4/c1-4-5-13-10-14(18-17-13)16(23)24-11(2)15(22)20-8-6-19(7-9-20)12(3)21/h10-11H,4-9H2,1-3H3,(H,17,18). The van der Waals surface area contributed by atoms with Crippen molar-refractivity contribution in [3.63, 3.8) is 0 Å². The minimum absolute atomic E-state index is 0.00277. The molecule has 1 saturated heterocycles. The zero-order valence-electron chi connectivity index (χ0n) is 14.4. The zero-order valence-corrected chi connectivity index (χ0v) is 14.4. The van der Waals surface area contributed by atoms with E-state index in [1.165, 1.54) is 6.92 Å². The number of carbonyl (C=O) groups is 3. The molecule has 8 nitrogen and oxygen atoms in total. The van der Waals surface area contributed by atoms with E-state index in [4.69, 9.17) is 4.74 Å². The third kappa shape index (κ3) is 4.33. The van der Waals surface area contributed by atoms with Crippen LogP contribution in [0.1, 0.15) is 43.4 Å². The number of aromatic amines is 1. The van der Waals surface area contributed by atoms with Gasteiger partial charge in [-0.05, 0) is 19.4 Å². The van der Waals surface area contributed by atoms with Crippen molar-refractivity contribution in [2.45, 2.75) is 39.7 Å². The Bertz CT molecular complexity index is 605. The van der Waals surface area contributed by atoms with Gasteiger partial charge in [0.15, 0.2) is 11.8 Å². The van der Waals surface area contributed by atoms with Gasteiger partial charge in [0, 0.05) is 38.8 Å². The molecule has 2 amide bonds. The second-order valence-corrected chi connectivity index (χ2v) is 5.91. The van der Waals surface area contributed by atoms with Gasteiger partial charge in [-0.1, -0.05) is 13.3 Å². The molecule has 1 aromatic heterocycles. The average Bonchev–Trinajstić information content (AvgIpc) is 3.03. The summed E-state index contributed by atoms with van der Waals surface area (Å²) in [5.41, 5.74) is 1.04. The number of piperazine rings is 1. The predicted octanol–water partition coefficient (Wildman–Crippen LogP) is 0.598. The maximum absolute atomic E-state index is 12.4. The molecule has 1 aromatic rings. The summed E-state index contributed by atoms with van der Waals surface area (Å²) in [6.45, 7) is 7.00. The number of H-pyrrole nitrogens is 1. The highest BCUT2D eigenvalue weighted by Crippen LogP contribution is 2.09. The Balaban J connectivity index is 1.87. The van der Waals surface area contributed by atoms with Gasteiger partial charge >= 0.3 is 5.97 Å².